The molecule has 2 N–H and O–H groups in total. The number of aromatic nitrogens is 2. The molecule has 0 aliphatic heterocycles. The average molecular weight is 462 g/mol. The summed E-state index contributed by atoms with van der Waals surface area (Å²) in [6.07, 6.45) is 5.27. The van der Waals surface area contributed by atoms with Crippen LogP contribution in [0.1, 0.15) is 5.56 Å². The number of methoxy groups -OCH3 is 2. The molecule has 8 nitrogen and oxygen atoms in total. The summed E-state index contributed by atoms with van der Waals surface area (Å²) in [5.41, 5.74) is 3.95. The first-order valence-corrected chi connectivity index (χ1v) is 11.0. The van der Waals surface area contributed by atoms with E-state index in [1.165, 1.54) is 18.4 Å². The van der Waals surface area contributed by atoms with Gasteiger partial charge in [0.15, 0.2) is 5.13 Å². The van der Waals surface area contributed by atoms with Crippen LogP contribution in [-0.2, 0) is 0 Å². The SMILES string of the molecule is COc1ccc(NC(=O)Nc2ccc(C)c(N(c3cccnc3)c3nccs3)c2)c(OC)c1. The van der Waals surface area contributed by atoms with Gasteiger partial charge in [-0.25, -0.2) is 9.78 Å². The van der Waals surface area contributed by atoms with Crippen LogP contribution in [0.25, 0.3) is 0 Å². The lowest BCUT2D eigenvalue weighted by Gasteiger charge is -2.24. The number of anilines is 5. The van der Waals surface area contributed by atoms with Gasteiger partial charge in [0, 0.05) is 29.5 Å². The fourth-order valence-corrected chi connectivity index (χ4v) is 3.95. The van der Waals surface area contributed by atoms with Crippen LogP contribution in [0.5, 0.6) is 11.5 Å². The van der Waals surface area contributed by atoms with Crippen LogP contribution in [0.4, 0.5) is 32.7 Å². The van der Waals surface area contributed by atoms with Crippen molar-refractivity contribution in [2.45, 2.75) is 6.92 Å². The molecule has 0 unspecified atom stereocenters. The van der Waals surface area contributed by atoms with Crippen LogP contribution >= 0.6 is 11.3 Å². The molecular weight excluding hydrogens is 438 g/mol. The zero-order valence-electron chi connectivity index (χ0n) is 18.4. The van der Waals surface area contributed by atoms with Gasteiger partial charge in [-0.3, -0.25) is 9.88 Å². The highest BCUT2D eigenvalue weighted by Gasteiger charge is 2.18. The third-order valence-corrected chi connectivity index (χ3v) is 5.64. The number of rotatable bonds is 7. The van der Waals surface area contributed by atoms with E-state index in [-0.39, 0.29) is 0 Å². The molecule has 2 heterocycles. The van der Waals surface area contributed by atoms with E-state index in [4.69, 9.17) is 9.47 Å². The van der Waals surface area contributed by atoms with Gasteiger partial charge in [-0.15, -0.1) is 11.3 Å². The minimum atomic E-state index is -0.393. The smallest absolute Gasteiger partial charge is 0.323 e. The fraction of sp³-hybridized carbons (Fsp3) is 0.125. The fourth-order valence-electron chi connectivity index (χ4n) is 3.28. The monoisotopic (exact) mass is 461 g/mol. The summed E-state index contributed by atoms with van der Waals surface area (Å²) in [6.45, 7) is 2.01. The Morgan fingerprint density at radius 2 is 1.91 bits per heavy atom. The second-order valence-corrected chi connectivity index (χ2v) is 7.88. The number of thiazole rings is 1. The zero-order chi connectivity index (χ0) is 23.2. The van der Waals surface area contributed by atoms with E-state index in [1.54, 1.807) is 43.9 Å². The van der Waals surface area contributed by atoms with Gasteiger partial charge in [-0.2, -0.15) is 0 Å². The van der Waals surface area contributed by atoms with E-state index >= 15 is 0 Å². The number of pyridine rings is 1. The summed E-state index contributed by atoms with van der Waals surface area (Å²) in [6, 6.07) is 14.4. The normalized spacial score (nSPS) is 10.4. The Kier molecular flexibility index (Phi) is 6.70. The number of carbonyl (C=O) groups is 1. The molecule has 9 heteroatoms. The van der Waals surface area contributed by atoms with Crippen molar-refractivity contribution in [1.82, 2.24) is 9.97 Å². The largest absolute Gasteiger partial charge is 0.497 e. The molecule has 0 saturated heterocycles. The Hall–Kier alpha value is -4.11. The quantitative estimate of drug-likeness (QED) is 0.352. The summed E-state index contributed by atoms with van der Waals surface area (Å²) in [5, 5.41) is 8.44. The topological polar surface area (TPSA) is 88.6 Å². The number of nitrogens with zero attached hydrogens (tertiary/aromatic N) is 3. The van der Waals surface area contributed by atoms with E-state index < -0.39 is 6.03 Å². The molecule has 0 atom stereocenters. The predicted molar refractivity (Wildman–Crippen MR) is 132 cm³/mol. The van der Waals surface area contributed by atoms with Crippen LogP contribution in [-0.4, -0.2) is 30.2 Å². The summed E-state index contributed by atoms with van der Waals surface area (Å²) in [7, 11) is 3.11. The number of nitrogens with one attached hydrogen (secondary N) is 2. The molecule has 168 valence electrons. The average Bonchev–Trinajstić information content (AvgIpc) is 3.36. The van der Waals surface area contributed by atoms with E-state index in [0.717, 1.165) is 22.1 Å². The van der Waals surface area contributed by atoms with Gasteiger partial charge >= 0.3 is 6.03 Å². The van der Waals surface area contributed by atoms with Crippen molar-refractivity contribution in [2.75, 3.05) is 29.8 Å². The molecule has 4 aromatic rings. The Morgan fingerprint density at radius 3 is 2.61 bits per heavy atom. The Bertz CT molecular complexity index is 1230. The molecule has 0 spiro atoms. The summed E-state index contributed by atoms with van der Waals surface area (Å²) < 4.78 is 10.6. The third kappa shape index (κ3) is 5.04. The molecule has 0 aliphatic rings. The number of aryl methyl sites for hydroxylation is 1. The van der Waals surface area contributed by atoms with Gasteiger partial charge in [0.1, 0.15) is 11.5 Å². The number of urea groups is 1. The number of hydrogen-bond acceptors (Lipinski definition) is 7. The Morgan fingerprint density at radius 1 is 1.03 bits per heavy atom. The van der Waals surface area contributed by atoms with Crippen molar-refractivity contribution in [3.63, 3.8) is 0 Å². The first kappa shape index (κ1) is 22.1. The maximum atomic E-state index is 12.7. The van der Waals surface area contributed by atoms with E-state index in [0.29, 0.717) is 22.9 Å². The molecule has 0 radical (unpaired) electrons. The molecule has 0 bridgehead atoms. The van der Waals surface area contributed by atoms with Crippen molar-refractivity contribution in [2.24, 2.45) is 0 Å². The molecular formula is C24H23N5O3S. The van der Waals surface area contributed by atoms with Crippen LogP contribution in [0.2, 0.25) is 0 Å². The van der Waals surface area contributed by atoms with Crippen molar-refractivity contribution in [3.05, 3.63) is 78.1 Å². The van der Waals surface area contributed by atoms with Crippen LogP contribution in [0, 0.1) is 6.92 Å². The van der Waals surface area contributed by atoms with Gasteiger partial charge in [-0.1, -0.05) is 6.07 Å². The third-order valence-electron chi connectivity index (χ3n) is 4.88. The standard InChI is InChI=1S/C24H23N5O3S/c1-16-6-7-17(27-23(30)28-20-9-8-19(31-2)14-22(20)32-3)13-21(16)29(24-26-11-12-33-24)18-5-4-10-25-15-18/h4-15H,1-3H3,(H2,27,28,30). The number of amides is 2. The molecule has 2 aromatic carbocycles. The Balaban J connectivity index is 1.60. The lowest BCUT2D eigenvalue weighted by Crippen LogP contribution is -2.20. The maximum absolute atomic E-state index is 12.7. The lowest BCUT2D eigenvalue weighted by atomic mass is 10.1. The van der Waals surface area contributed by atoms with Crippen molar-refractivity contribution < 1.29 is 14.3 Å². The van der Waals surface area contributed by atoms with Crippen LogP contribution in [0.3, 0.4) is 0 Å². The number of ether oxygens (including phenoxy) is 2. The van der Waals surface area contributed by atoms with Gasteiger partial charge in [0.25, 0.3) is 0 Å². The van der Waals surface area contributed by atoms with E-state index in [1.807, 2.05) is 47.5 Å². The molecule has 33 heavy (non-hydrogen) atoms. The molecule has 0 fully saturated rings. The lowest BCUT2D eigenvalue weighted by molar-refractivity contribution is 0.262. The number of carbonyl (C=O) groups excluding carboxylic acids is 1. The molecule has 0 saturated carbocycles. The molecule has 2 amide bonds. The van der Waals surface area contributed by atoms with Crippen LogP contribution < -0.4 is 25.0 Å². The zero-order valence-corrected chi connectivity index (χ0v) is 19.2. The van der Waals surface area contributed by atoms with Gasteiger partial charge in [0.2, 0.25) is 0 Å². The summed E-state index contributed by atoms with van der Waals surface area (Å²) in [5.74, 6) is 1.14. The highest BCUT2D eigenvalue weighted by molar-refractivity contribution is 7.13. The second kappa shape index (κ2) is 10.0. The minimum Gasteiger partial charge on any atom is -0.497 e. The second-order valence-electron chi connectivity index (χ2n) is 7.01. The Labute approximate surface area is 195 Å². The highest BCUT2D eigenvalue weighted by atomic mass is 32.1. The van der Waals surface area contributed by atoms with Crippen molar-refractivity contribution in [3.8, 4) is 11.5 Å². The maximum Gasteiger partial charge on any atom is 0.323 e. The van der Waals surface area contributed by atoms with Gasteiger partial charge in [-0.05, 0) is 48.9 Å². The highest BCUT2D eigenvalue weighted by Crippen LogP contribution is 2.38. The van der Waals surface area contributed by atoms with Crippen molar-refractivity contribution in [1.29, 1.82) is 0 Å². The minimum absolute atomic E-state index is 0.393. The number of hydrogen-bond donors (Lipinski definition) is 2. The van der Waals surface area contributed by atoms with E-state index in [2.05, 4.69) is 20.6 Å². The van der Waals surface area contributed by atoms with Crippen molar-refractivity contribution >= 4 is 45.2 Å². The predicted octanol–water partition coefficient (Wildman–Crippen LogP) is 5.98. The van der Waals surface area contributed by atoms with E-state index in [9.17, 15) is 4.79 Å². The van der Waals surface area contributed by atoms with Gasteiger partial charge < -0.3 is 20.1 Å². The van der Waals surface area contributed by atoms with Crippen LogP contribution in [0.15, 0.2) is 72.5 Å². The molecule has 2 aromatic heterocycles. The first-order valence-electron chi connectivity index (χ1n) is 10.1. The number of benzene rings is 2. The van der Waals surface area contributed by atoms with Gasteiger partial charge in [0.05, 0.1) is 37.5 Å². The molecule has 4 rings (SSSR count). The summed E-state index contributed by atoms with van der Waals surface area (Å²) in [4.78, 5) is 23.5. The summed E-state index contributed by atoms with van der Waals surface area (Å²) >= 11 is 1.52. The first-order chi connectivity index (χ1) is 16.1. The molecule has 0 aliphatic carbocycles.